The van der Waals surface area contributed by atoms with Gasteiger partial charge >= 0.3 is 0 Å². The fourth-order valence-corrected chi connectivity index (χ4v) is 3.15. The van der Waals surface area contributed by atoms with Crippen LogP contribution in [0, 0.1) is 11.8 Å². The predicted octanol–water partition coefficient (Wildman–Crippen LogP) is 2.14. The molecule has 0 radical (unpaired) electrons. The molecule has 82 valence electrons. The second-order valence-electron chi connectivity index (χ2n) is 5.22. The molecule has 1 saturated carbocycles. The molecule has 0 aromatic carbocycles. The van der Waals surface area contributed by atoms with Gasteiger partial charge in [-0.2, -0.15) is 0 Å². The van der Waals surface area contributed by atoms with E-state index in [1.807, 2.05) is 0 Å². The summed E-state index contributed by atoms with van der Waals surface area (Å²) < 4.78 is 5.40. The Hall–Kier alpha value is -0.0800. The Kier molecular flexibility index (Phi) is 3.45. The van der Waals surface area contributed by atoms with Crippen LogP contribution in [0.25, 0.3) is 0 Å². The summed E-state index contributed by atoms with van der Waals surface area (Å²) >= 11 is 0. The molecule has 2 aliphatic rings. The first-order chi connectivity index (χ1) is 6.75. The van der Waals surface area contributed by atoms with Gasteiger partial charge in [-0.1, -0.05) is 13.8 Å². The lowest BCUT2D eigenvalue weighted by Crippen LogP contribution is -2.46. The minimum absolute atomic E-state index is 0.845. The lowest BCUT2D eigenvalue weighted by Gasteiger charge is -2.40. The van der Waals surface area contributed by atoms with Gasteiger partial charge in [0.2, 0.25) is 0 Å². The molecule has 2 atom stereocenters. The van der Waals surface area contributed by atoms with Crippen LogP contribution in [0.1, 0.15) is 33.1 Å². The maximum absolute atomic E-state index is 5.40. The van der Waals surface area contributed by atoms with Gasteiger partial charge in [0.1, 0.15) is 0 Å². The average Bonchev–Trinajstić information content (AvgIpc) is 2.18. The molecule has 0 aromatic rings. The summed E-state index contributed by atoms with van der Waals surface area (Å²) in [5.74, 6) is 1.85. The van der Waals surface area contributed by atoms with Crippen molar-refractivity contribution < 1.29 is 4.74 Å². The SMILES string of the molecule is CC1CC(C)CC(N2CCOCC2)C1. The Morgan fingerprint density at radius 1 is 0.929 bits per heavy atom. The monoisotopic (exact) mass is 197 g/mol. The van der Waals surface area contributed by atoms with Gasteiger partial charge < -0.3 is 4.74 Å². The normalized spacial score (nSPS) is 41.1. The van der Waals surface area contributed by atoms with Gasteiger partial charge in [-0.25, -0.2) is 0 Å². The zero-order valence-electron chi connectivity index (χ0n) is 9.54. The Labute approximate surface area is 87.6 Å². The van der Waals surface area contributed by atoms with E-state index in [1.54, 1.807) is 0 Å². The fraction of sp³-hybridized carbons (Fsp3) is 1.00. The largest absolute Gasteiger partial charge is 0.379 e. The molecule has 0 amide bonds. The molecule has 2 heteroatoms. The van der Waals surface area contributed by atoms with Gasteiger partial charge in [-0.05, 0) is 31.1 Å². The van der Waals surface area contributed by atoms with Gasteiger partial charge in [0.05, 0.1) is 13.2 Å². The van der Waals surface area contributed by atoms with Crippen LogP contribution in [-0.4, -0.2) is 37.2 Å². The Morgan fingerprint density at radius 3 is 2.07 bits per heavy atom. The molecule has 0 N–H and O–H groups in total. The highest BCUT2D eigenvalue weighted by molar-refractivity contribution is 4.82. The van der Waals surface area contributed by atoms with E-state index in [1.165, 1.54) is 19.3 Å². The van der Waals surface area contributed by atoms with E-state index in [9.17, 15) is 0 Å². The van der Waals surface area contributed by atoms with E-state index in [-0.39, 0.29) is 0 Å². The van der Waals surface area contributed by atoms with Crippen molar-refractivity contribution in [3.63, 3.8) is 0 Å². The summed E-state index contributed by atoms with van der Waals surface area (Å²) in [4.78, 5) is 2.65. The maximum atomic E-state index is 5.40. The standard InChI is InChI=1S/C12H23NO/c1-10-7-11(2)9-12(8-10)13-3-5-14-6-4-13/h10-12H,3-9H2,1-2H3. The molecule has 2 fully saturated rings. The Morgan fingerprint density at radius 2 is 1.50 bits per heavy atom. The molecule has 14 heavy (non-hydrogen) atoms. The van der Waals surface area contributed by atoms with E-state index in [4.69, 9.17) is 4.74 Å². The zero-order chi connectivity index (χ0) is 9.97. The van der Waals surface area contributed by atoms with Gasteiger partial charge in [-0.15, -0.1) is 0 Å². The van der Waals surface area contributed by atoms with Crippen LogP contribution in [0.15, 0.2) is 0 Å². The molecule has 0 aromatic heterocycles. The number of hydrogen-bond acceptors (Lipinski definition) is 2. The molecule has 2 unspecified atom stereocenters. The summed E-state index contributed by atoms with van der Waals surface area (Å²) in [5.41, 5.74) is 0. The van der Waals surface area contributed by atoms with Crippen molar-refractivity contribution in [3.8, 4) is 0 Å². The third-order valence-corrected chi connectivity index (χ3v) is 3.72. The van der Waals surface area contributed by atoms with E-state index >= 15 is 0 Å². The highest BCUT2D eigenvalue weighted by atomic mass is 16.5. The van der Waals surface area contributed by atoms with E-state index < -0.39 is 0 Å². The molecule has 0 spiro atoms. The maximum Gasteiger partial charge on any atom is 0.0594 e. The van der Waals surface area contributed by atoms with E-state index in [0.29, 0.717) is 0 Å². The van der Waals surface area contributed by atoms with Crippen LogP contribution in [-0.2, 0) is 4.74 Å². The van der Waals surface area contributed by atoms with Gasteiger partial charge in [0, 0.05) is 19.1 Å². The van der Waals surface area contributed by atoms with Gasteiger partial charge in [0.25, 0.3) is 0 Å². The van der Waals surface area contributed by atoms with Crippen LogP contribution >= 0.6 is 0 Å². The summed E-state index contributed by atoms with van der Waals surface area (Å²) in [7, 11) is 0. The third kappa shape index (κ3) is 2.48. The molecule has 1 aliphatic heterocycles. The minimum Gasteiger partial charge on any atom is -0.379 e. The summed E-state index contributed by atoms with van der Waals surface area (Å²) in [6, 6.07) is 0.845. The number of hydrogen-bond donors (Lipinski definition) is 0. The van der Waals surface area contributed by atoms with Crippen molar-refractivity contribution in [3.05, 3.63) is 0 Å². The second kappa shape index (κ2) is 4.63. The predicted molar refractivity (Wildman–Crippen MR) is 58.4 cm³/mol. The first kappa shape index (κ1) is 10.4. The zero-order valence-corrected chi connectivity index (χ0v) is 9.54. The van der Waals surface area contributed by atoms with Crippen molar-refractivity contribution >= 4 is 0 Å². The van der Waals surface area contributed by atoms with Gasteiger partial charge in [-0.3, -0.25) is 4.90 Å². The van der Waals surface area contributed by atoms with Crippen LogP contribution in [0.5, 0.6) is 0 Å². The average molecular weight is 197 g/mol. The number of ether oxygens (including phenoxy) is 1. The smallest absolute Gasteiger partial charge is 0.0594 e. The molecule has 2 rings (SSSR count). The molecule has 1 aliphatic carbocycles. The Balaban J connectivity index is 1.88. The summed E-state index contributed by atoms with van der Waals surface area (Å²) in [6.45, 7) is 9.01. The number of morpholine rings is 1. The van der Waals surface area contributed by atoms with Crippen molar-refractivity contribution in [2.24, 2.45) is 11.8 Å². The number of rotatable bonds is 1. The van der Waals surface area contributed by atoms with E-state index in [0.717, 1.165) is 44.2 Å². The van der Waals surface area contributed by atoms with Crippen molar-refractivity contribution in [1.82, 2.24) is 4.90 Å². The van der Waals surface area contributed by atoms with Crippen molar-refractivity contribution in [2.75, 3.05) is 26.3 Å². The topological polar surface area (TPSA) is 12.5 Å². The first-order valence-electron chi connectivity index (χ1n) is 6.07. The fourth-order valence-electron chi connectivity index (χ4n) is 3.15. The molecule has 0 bridgehead atoms. The number of nitrogens with zero attached hydrogens (tertiary/aromatic N) is 1. The lowest BCUT2D eigenvalue weighted by molar-refractivity contribution is -0.00206. The highest BCUT2D eigenvalue weighted by Crippen LogP contribution is 2.31. The van der Waals surface area contributed by atoms with Crippen LogP contribution in [0.3, 0.4) is 0 Å². The van der Waals surface area contributed by atoms with E-state index in [2.05, 4.69) is 18.7 Å². The summed E-state index contributed by atoms with van der Waals surface area (Å²) in [6.07, 6.45) is 4.25. The molecule has 2 nitrogen and oxygen atoms in total. The quantitative estimate of drug-likeness (QED) is 0.638. The van der Waals surface area contributed by atoms with Crippen LogP contribution in [0.2, 0.25) is 0 Å². The summed E-state index contributed by atoms with van der Waals surface area (Å²) in [5, 5.41) is 0. The lowest BCUT2D eigenvalue weighted by atomic mass is 9.80. The molecular weight excluding hydrogens is 174 g/mol. The third-order valence-electron chi connectivity index (χ3n) is 3.72. The highest BCUT2D eigenvalue weighted by Gasteiger charge is 2.28. The van der Waals surface area contributed by atoms with Crippen molar-refractivity contribution in [2.45, 2.75) is 39.2 Å². The molecule has 1 saturated heterocycles. The molecular formula is C12H23NO. The first-order valence-corrected chi connectivity index (χ1v) is 6.07. The van der Waals surface area contributed by atoms with Crippen LogP contribution < -0.4 is 0 Å². The Bertz CT molecular complexity index is 167. The van der Waals surface area contributed by atoms with Gasteiger partial charge in [0.15, 0.2) is 0 Å². The van der Waals surface area contributed by atoms with Crippen LogP contribution in [0.4, 0.5) is 0 Å². The second-order valence-corrected chi connectivity index (χ2v) is 5.22. The molecule has 1 heterocycles. The minimum atomic E-state index is 0.845. The van der Waals surface area contributed by atoms with Crippen molar-refractivity contribution in [1.29, 1.82) is 0 Å².